The highest BCUT2D eigenvalue weighted by Crippen LogP contribution is 2.29. The highest BCUT2D eigenvalue weighted by Gasteiger charge is 2.32. The Morgan fingerprint density at radius 3 is 2.43 bits per heavy atom. The zero-order chi connectivity index (χ0) is 14.7. The maximum absolute atomic E-state index is 12.4. The zero-order valence-electron chi connectivity index (χ0n) is 13.3. The average molecular weight is 293 g/mol. The van der Waals surface area contributed by atoms with E-state index in [0.29, 0.717) is 18.0 Å². The number of carbonyl (C=O) groups is 1. The molecular weight excluding hydrogens is 262 g/mol. The Bertz CT molecular complexity index is 346. The molecule has 3 fully saturated rings. The fraction of sp³-hybridized carbons (Fsp3) is 0.941. The molecule has 0 bridgehead atoms. The molecule has 1 saturated carbocycles. The van der Waals surface area contributed by atoms with Crippen LogP contribution in [-0.2, 0) is 4.79 Å². The van der Waals surface area contributed by atoms with Crippen LogP contribution in [0.3, 0.4) is 0 Å². The van der Waals surface area contributed by atoms with Crippen LogP contribution in [0.25, 0.3) is 0 Å². The van der Waals surface area contributed by atoms with Crippen LogP contribution in [0.2, 0.25) is 0 Å². The van der Waals surface area contributed by atoms with Crippen molar-refractivity contribution in [1.82, 2.24) is 9.80 Å². The second-order valence-corrected chi connectivity index (χ2v) is 7.34. The Labute approximate surface area is 129 Å². The summed E-state index contributed by atoms with van der Waals surface area (Å²) in [5.41, 5.74) is 5.98. The van der Waals surface area contributed by atoms with Crippen LogP contribution in [-0.4, -0.2) is 54.0 Å². The van der Waals surface area contributed by atoms with Gasteiger partial charge in [0.1, 0.15) is 0 Å². The summed E-state index contributed by atoms with van der Waals surface area (Å²) in [5, 5.41) is 0. The summed E-state index contributed by atoms with van der Waals surface area (Å²) in [6.45, 7) is 4.17. The average Bonchev–Trinajstić information content (AvgIpc) is 3.17. The molecule has 2 N–H and O–H groups in total. The summed E-state index contributed by atoms with van der Waals surface area (Å²) in [4.78, 5) is 17.1. The SMILES string of the molecule is NC1CCN(C2CCN(C(=O)CCC3CCCC3)C2)CC1. The minimum atomic E-state index is 0.395. The number of likely N-dealkylation sites (tertiary alicyclic amines) is 2. The lowest BCUT2D eigenvalue weighted by Gasteiger charge is -2.34. The fourth-order valence-corrected chi connectivity index (χ4v) is 4.34. The van der Waals surface area contributed by atoms with Crippen molar-refractivity contribution in [2.24, 2.45) is 11.7 Å². The van der Waals surface area contributed by atoms with Crippen LogP contribution in [0.15, 0.2) is 0 Å². The number of amides is 1. The number of rotatable bonds is 4. The first kappa shape index (κ1) is 15.3. The monoisotopic (exact) mass is 293 g/mol. The van der Waals surface area contributed by atoms with Crippen molar-refractivity contribution in [3.05, 3.63) is 0 Å². The van der Waals surface area contributed by atoms with Crippen molar-refractivity contribution in [2.75, 3.05) is 26.2 Å². The van der Waals surface area contributed by atoms with E-state index in [1.807, 2.05) is 0 Å². The van der Waals surface area contributed by atoms with Gasteiger partial charge in [-0.05, 0) is 44.7 Å². The molecule has 2 aliphatic heterocycles. The van der Waals surface area contributed by atoms with Gasteiger partial charge in [-0.2, -0.15) is 0 Å². The number of nitrogens with zero attached hydrogens (tertiary/aromatic N) is 2. The first-order valence-electron chi connectivity index (χ1n) is 9.00. The van der Waals surface area contributed by atoms with Crippen molar-refractivity contribution in [1.29, 1.82) is 0 Å². The van der Waals surface area contributed by atoms with Crippen molar-refractivity contribution in [3.8, 4) is 0 Å². The molecule has 4 heteroatoms. The lowest BCUT2D eigenvalue weighted by molar-refractivity contribution is -0.130. The van der Waals surface area contributed by atoms with Gasteiger partial charge in [-0.15, -0.1) is 0 Å². The van der Waals surface area contributed by atoms with Crippen LogP contribution in [0, 0.1) is 5.92 Å². The Hall–Kier alpha value is -0.610. The molecule has 120 valence electrons. The van der Waals surface area contributed by atoms with Gasteiger partial charge in [0.2, 0.25) is 5.91 Å². The van der Waals surface area contributed by atoms with Gasteiger partial charge in [0.15, 0.2) is 0 Å². The predicted molar refractivity (Wildman–Crippen MR) is 85.0 cm³/mol. The van der Waals surface area contributed by atoms with Crippen molar-refractivity contribution in [3.63, 3.8) is 0 Å². The molecule has 0 aromatic rings. The van der Waals surface area contributed by atoms with E-state index in [1.165, 1.54) is 25.7 Å². The number of piperidine rings is 1. The van der Waals surface area contributed by atoms with Gasteiger partial charge >= 0.3 is 0 Å². The fourth-order valence-electron chi connectivity index (χ4n) is 4.34. The number of carbonyl (C=O) groups excluding carboxylic acids is 1. The van der Waals surface area contributed by atoms with Gasteiger partial charge in [0.25, 0.3) is 0 Å². The molecule has 3 rings (SSSR count). The third-order valence-corrected chi connectivity index (χ3v) is 5.85. The Morgan fingerprint density at radius 2 is 1.71 bits per heavy atom. The van der Waals surface area contributed by atoms with Crippen LogP contribution >= 0.6 is 0 Å². The third kappa shape index (κ3) is 3.98. The maximum atomic E-state index is 12.4. The molecule has 1 atom stereocenters. The third-order valence-electron chi connectivity index (χ3n) is 5.85. The Kier molecular flexibility index (Phi) is 5.17. The number of nitrogens with two attached hydrogens (primary N) is 1. The molecule has 0 spiro atoms. The molecule has 1 unspecified atom stereocenters. The maximum Gasteiger partial charge on any atom is 0.222 e. The van der Waals surface area contributed by atoms with Gasteiger partial charge in [-0.3, -0.25) is 9.69 Å². The van der Waals surface area contributed by atoms with Crippen molar-refractivity contribution in [2.45, 2.75) is 69.9 Å². The summed E-state index contributed by atoms with van der Waals surface area (Å²) in [5.74, 6) is 1.23. The van der Waals surface area contributed by atoms with E-state index in [2.05, 4.69) is 9.80 Å². The summed E-state index contributed by atoms with van der Waals surface area (Å²) in [6, 6.07) is 0.986. The minimum absolute atomic E-state index is 0.395. The quantitative estimate of drug-likeness (QED) is 0.862. The second-order valence-electron chi connectivity index (χ2n) is 7.34. The van der Waals surface area contributed by atoms with Crippen LogP contribution in [0.4, 0.5) is 0 Å². The molecule has 2 saturated heterocycles. The second kappa shape index (κ2) is 7.10. The van der Waals surface area contributed by atoms with E-state index in [0.717, 1.165) is 64.2 Å². The first-order chi connectivity index (χ1) is 10.2. The summed E-state index contributed by atoms with van der Waals surface area (Å²) in [6.07, 6.45) is 10.8. The van der Waals surface area contributed by atoms with Gasteiger partial charge in [-0.25, -0.2) is 0 Å². The molecule has 3 aliphatic rings. The normalized spacial score (nSPS) is 29.4. The van der Waals surface area contributed by atoms with E-state index >= 15 is 0 Å². The zero-order valence-corrected chi connectivity index (χ0v) is 13.3. The number of hydrogen-bond acceptors (Lipinski definition) is 3. The predicted octanol–water partition coefficient (Wildman–Crippen LogP) is 1.98. The Morgan fingerprint density at radius 1 is 1.00 bits per heavy atom. The summed E-state index contributed by atoms with van der Waals surface area (Å²) < 4.78 is 0. The van der Waals surface area contributed by atoms with Crippen molar-refractivity contribution < 1.29 is 4.79 Å². The topological polar surface area (TPSA) is 49.6 Å². The van der Waals surface area contributed by atoms with Crippen LogP contribution in [0.1, 0.15) is 57.8 Å². The smallest absolute Gasteiger partial charge is 0.222 e. The molecule has 0 aromatic heterocycles. The van der Waals surface area contributed by atoms with E-state index in [-0.39, 0.29) is 0 Å². The lowest BCUT2D eigenvalue weighted by atomic mass is 10.0. The first-order valence-corrected chi connectivity index (χ1v) is 9.00. The molecule has 1 amide bonds. The van der Waals surface area contributed by atoms with Gasteiger partial charge in [0, 0.05) is 31.6 Å². The van der Waals surface area contributed by atoms with E-state index in [4.69, 9.17) is 5.73 Å². The van der Waals surface area contributed by atoms with Gasteiger partial charge < -0.3 is 10.6 Å². The van der Waals surface area contributed by atoms with Crippen LogP contribution < -0.4 is 5.73 Å². The molecule has 2 heterocycles. The highest BCUT2D eigenvalue weighted by molar-refractivity contribution is 5.76. The van der Waals surface area contributed by atoms with E-state index in [1.54, 1.807) is 0 Å². The van der Waals surface area contributed by atoms with Crippen LogP contribution in [0.5, 0.6) is 0 Å². The standard InChI is InChI=1S/C17H31N3O/c18-15-7-10-19(11-8-15)16-9-12-20(13-16)17(21)6-5-14-3-1-2-4-14/h14-16H,1-13,18H2. The highest BCUT2D eigenvalue weighted by atomic mass is 16.2. The molecular formula is C17H31N3O. The molecule has 0 radical (unpaired) electrons. The summed E-state index contributed by atoms with van der Waals surface area (Å²) in [7, 11) is 0. The largest absolute Gasteiger partial charge is 0.341 e. The van der Waals surface area contributed by atoms with E-state index < -0.39 is 0 Å². The molecule has 0 aromatic carbocycles. The van der Waals surface area contributed by atoms with E-state index in [9.17, 15) is 4.79 Å². The number of hydrogen-bond donors (Lipinski definition) is 1. The molecule has 1 aliphatic carbocycles. The Balaban J connectivity index is 1.40. The molecule has 21 heavy (non-hydrogen) atoms. The van der Waals surface area contributed by atoms with Gasteiger partial charge in [0.05, 0.1) is 0 Å². The summed E-state index contributed by atoms with van der Waals surface area (Å²) >= 11 is 0. The van der Waals surface area contributed by atoms with Gasteiger partial charge in [-0.1, -0.05) is 25.7 Å². The minimum Gasteiger partial charge on any atom is -0.341 e. The molecule has 4 nitrogen and oxygen atoms in total. The lowest BCUT2D eigenvalue weighted by Crippen LogP contribution is -2.46. The van der Waals surface area contributed by atoms with Crippen molar-refractivity contribution >= 4 is 5.91 Å².